The van der Waals surface area contributed by atoms with Gasteiger partial charge in [0.05, 0.1) is 6.04 Å². The minimum absolute atomic E-state index is 0.121. The number of fused-ring (bicyclic) bond motifs is 3. The molecular weight excluding hydrogens is 368 g/mol. The first kappa shape index (κ1) is 20.3. The molecule has 0 aliphatic carbocycles. The standard InChI is InChI=1S/C26H32N4/c1-3-29(4-2)15-8-16-30-25-18-21(28)12-14-23(25)22-13-11-20(27)17-24(22)26(30)19-9-6-5-7-10-19/h5-7,9-14,17-18,26H,3-4,8,15-16,27-28H2,1-2H3. The van der Waals surface area contributed by atoms with E-state index in [9.17, 15) is 0 Å². The first-order valence-electron chi connectivity index (χ1n) is 11.0. The highest BCUT2D eigenvalue weighted by atomic mass is 15.2. The molecule has 1 unspecified atom stereocenters. The molecule has 1 atom stereocenters. The third-order valence-electron chi connectivity index (χ3n) is 6.19. The molecule has 0 saturated heterocycles. The van der Waals surface area contributed by atoms with Crippen molar-refractivity contribution in [3.63, 3.8) is 0 Å². The van der Waals surface area contributed by atoms with Crippen LogP contribution in [0, 0.1) is 0 Å². The molecule has 4 N–H and O–H groups in total. The molecule has 4 rings (SSSR count). The van der Waals surface area contributed by atoms with Crippen molar-refractivity contribution < 1.29 is 0 Å². The molecule has 30 heavy (non-hydrogen) atoms. The summed E-state index contributed by atoms with van der Waals surface area (Å²) in [4.78, 5) is 5.00. The Balaban J connectivity index is 1.81. The van der Waals surface area contributed by atoms with E-state index in [2.05, 4.69) is 78.2 Å². The van der Waals surface area contributed by atoms with E-state index >= 15 is 0 Å². The van der Waals surface area contributed by atoms with E-state index in [0.717, 1.165) is 44.0 Å². The highest BCUT2D eigenvalue weighted by Gasteiger charge is 2.32. The lowest BCUT2D eigenvalue weighted by Crippen LogP contribution is -2.36. The van der Waals surface area contributed by atoms with Crippen LogP contribution < -0.4 is 16.4 Å². The van der Waals surface area contributed by atoms with Crippen molar-refractivity contribution >= 4 is 17.1 Å². The lowest BCUT2D eigenvalue weighted by molar-refractivity contribution is 0.300. The molecule has 4 nitrogen and oxygen atoms in total. The number of hydrogen-bond acceptors (Lipinski definition) is 4. The molecule has 3 aromatic carbocycles. The summed E-state index contributed by atoms with van der Waals surface area (Å²) >= 11 is 0. The van der Waals surface area contributed by atoms with Crippen LogP contribution in [0.5, 0.6) is 0 Å². The fourth-order valence-electron chi connectivity index (χ4n) is 4.62. The summed E-state index contributed by atoms with van der Waals surface area (Å²) in [5.41, 5.74) is 20.3. The van der Waals surface area contributed by atoms with Gasteiger partial charge >= 0.3 is 0 Å². The van der Waals surface area contributed by atoms with Crippen LogP contribution in [0.1, 0.15) is 37.4 Å². The van der Waals surface area contributed by atoms with Crippen molar-refractivity contribution in [3.05, 3.63) is 77.9 Å². The predicted octanol–water partition coefficient (Wildman–Crippen LogP) is 5.16. The van der Waals surface area contributed by atoms with E-state index in [1.807, 2.05) is 12.1 Å². The Labute approximate surface area is 180 Å². The number of anilines is 3. The largest absolute Gasteiger partial charge is 0.399 e. The highest BCUT2D eigenvalue weighted by molar-refractivity contribution is 5.88. The summed E-state index contributed by atoms with van der Waals surface area (Å²) in [6.45, 7) is 8.68. The first-order valence-corrected chi connectivity index (χ1v) is 11.0. The van der Waals surface area contributed by atoms with Crippen molar-refractivity contribution in [3.8, 4) is 11.1 Å². The first-order chi connectivity index (χ1) is 14.6. The smallest absolute Gasteiger partial charge is 0.0802 e. The van der Waals surface area contributed by atoms with Gasteiger partial charge in [0.15, 0.2) is 0 Å². The van der Waals surface area contributed by atoms with Gasteiger partial charge in [-0.1, -0.05) is 56.3 Å². The van der Waals surface area contributed by atoms with Gasteiger partial charge in [-0.2, -0.15) is 0 Å². The molecule has 156 valence electrons. The Morgan fingerprint density at radius 3 is 2.20 bits per heavy atom. The third-order valence-corrected chi connectivity index (χ3v) is 6.19. The summed E-state index contributed by atoms with van der Waals surface area (Å²) in [6.07, 6.45) is 1.09. The van der Waals surface area contributed by atoms with Gasteiger partial charge < -0.3 is 21.3 Å². The van der Waals surface area contributed by atoms with Gasteiger partial charge in [0.25, 0.3) is 0 Å². The summed E-state index contributed by atoms with van der Waals surface area (Å²) in [5, 5.41) is 0. The van der Waals surface area contributed by atoms with Gasteiger partial charge in [-0.3, -0.25) is 0 Å². The Morgan fingerprint density at radius 2 is 1.50 bits per heavy atom. The van der Waals surface area contributed by atoms with Crippen LogP contribution in [0.4, 0.5) is 17.1 Å². The monoisotopic (exact) mass is 400 g/mol. The molecule has 0 bridgehead atoms. The van der Waals surface area contributed by atoms with Crippen LogP contribution in [0.2, 0.25) is 0 Å². The molecule has 0 aromatic heterocycles. The van der Waals surface area contributed by atoms with Crippen molar-refractivity contribution in [2.75, 3.05) is 42.5 Å². The van der Waals surface area contributed by atoms with Gasteiger partial charge in [-0.25, -0.2) is 0 Å². The zero-order valence-corrected chi connectivity index (χ0v) is 18.0. The van der Waals surface area contributed by atoms with Crippen LogP contribution in [0.25, 0.3) is 11.1 Å². The zero-order valence-electron chi connectivity index (χ0n) is 18.0. The predicted molar refractivity (Wildman–Crippen MR) is 129 cm³/mol. The summed E-state index contributed by atoms with van der Waals surface area (Å²) in [5.74, 6) is 0. The molecule has 0 saturated carbocycles. The van der Waals surface area contributed by atoms with Crippen molar-refractivity contribution in [1.82, 2.24) is 4.90 Å². The minimum Gasteiger partial charge on any atom is -0.399 e. The molecule has 0 fully saturated rings. The quantitative estimate of drug-likeness (QED) is 0.538. The van der Waals surface area contributed by atoms with E-state index in [-0.39, 0.29) is 6.04 Å². The maximum absolute atomic E-state index is 6.24. The Kier molecular flexibility index (Phi) is 5.96. The molecule has 0 spiro atoms. The maximum Gasteiger partial charge on any atom is 0.0802 e. The fourth-order valence-corrected chi connectivity index (χ4v) is 4.62. The molecule has 1 heterocycles. The summed E-state index contributed by atoms with van der Waals surface area (Å²) < 4.78 is 0. The van der Waals surface area contributed by atoms with Crippen molar-refractivity contribution in [1.29, 1.82) is 0 Å². The Morgan fingerprint density at radius 1 is 0.833 bits per heavy atom. The van der Waals surface area contributed by atoms with Crippen LogP contribution in [-0.2, 0) is 0 Å². The number of nitrogens with two attached hydrogens (primary N) is 2. The van der Waals surface area contributed by atoms with Gasteiger partial charge in [0.2, 0.25) is 0 Å². The van der Waals surface area contributed by atoms with Crippen LogP contribution in [0.3, 0.4) is 0 Å². The van der Waals surface area contributed by atoms with Gasteiger partial charge in [0, 0.05) is 29.2 Å². The second kappa shape index (κ2) is 8.80. The van der Waals surface area contributed by atoms with E-state index in [1.165, 1.54) is 27.9 Å². The number of hydrogen-bond donors (Lipinski definition) is 2. The number of benzene rings is 3. The number of nitrogen functional groups attached to an aromatic ring is 2. The fraction of sp³-hybridized carbons (Fsp3) is 0.308. The van der Waals surface area contributed by atoms with E-state index in [0.29, 0.717) is 0 Å². The van der Waals surface area contributed by atoms with E-state index in [4.69, 9.17) is 11.5 Å². The third kappa shape index (κ3) is 3.88. The molecule has 4 heteroatoms. The summed E-state index contributed by atoms with van der Waals surface area (Å²) in [7, 11) is 0. The second-order valence-electron chi connectivity index (χ2n) is 8.01. The molecular formula is C26H32N4. The van der Waals surface area contributed by atoms with Crippen molar-refractivity contribution in [2.45, 2.75) is 26.3 Å². The number of rotatable bonds is 7. The average Bonchev–Trinajstić information content (AvgIpc) is 2.77. The van der Waals surface area contributed by atoms with Crippen molar-refractivity contribution in [2.24, 2.45) is 0 Å². The van der Waals surface area contributed by atoms with E-state index in [1.54, 1.807) is 0 Å². The van der Waals surface area contributed by atoms with Crippen LogP contribution >= 0.6 is 0 Å². The zero-order chi connectivity index (χ0) is 21.1. The minimum atomic E-state index is 0.121. The molecule has 3 aromatic rings. The van der Waals surface area contributed by atoms with Gasteiger partial charge in [-0.05, 0) is 67.0 Å². The van der Waals surface area contributed by atoms with Crippen LogP contribution in [0.15, 0.2) is 66.7 Å². The van der Waals surface area contributed by atoms with Gasteiger partial charge in [0.1, 0.15) is 0 Å². The summed E-state index contributed by atoms with van der Waals surface area (Å²) in [6, 6.07) is 23.4. The second-order valence-corrected chi connectivity index (χ2v) is 8.01. The Bertz CT molecular complexity index is 995. The SMILES string of the molecule is CCN(CC)CCCN1c2cc(N)ccc2-c2ccc(N)cc2C1c1ccccc1. The molecule has 0 radical (unpaired) electrons. The normalized spacial score (nSPS) is 15.2. The lowest BCUT2D eigenvalue weighted by atomic mass is 9.84. The molecule has 1 aliphatic heterocycles. The van der Waals surface area contributed by atoms with Gasteiger partial charge in [-0.15, -0.1) is 0 Å². The topological polar surface area (TPSA) is 58.5 Å². The maximum atomic E-state index is 6.24. The average molecular weight is 401 g/mol. The molecule has 1 aliphatic rings. The number of nitrogens with zero attached hydrogens (tertiary/aromatic N) is 2. The highest BCUT2D eigenvalue weighted by Crippen LogP contribution is 2.48. The Hall–Kier alpha value is -2.98. The van der Waals surface area contributed by atoms with Crippen LogP contribution in [-0.4, -0.2) is 31.1 Å². The molecule has 0 amide bonds. The van der Waals surface area contributed by atoms with E-state index < -0.39 is 0 Å². The lowest BCUT2D eigenvalue weighted by Gasteiger charge is -2.41.